The number of benzene rings is 2. The van der Waals surface area contributed by atoms with Gasteiger partial charge in [-0.25, -0.2) is 13.2 Å². The average molecular weight is 492 g/mol. The first-order valence-corrected chi connectivity index (χ1v) is 12.5. The summed E-state index contributed by atoms with van der Waals surface area (Å²) in [4.78, 5) is 24.0. The zero-order chi connectivity index (χ0) is 25.4. The first kappa shape index (κ1) is 27.0. The van der Waals surface area contributed by atoms with Gasteiger partial charge >= 0.3 is 6.09 Å². The predicted octanol–water partition coefficient (Wildman–Crippen LogP) is 4.44. The molecule has 0 aromatic heterocycles. The van der Waals surface area contributed by atoms with Crippen molar-refractivity contribution in [1.29, 1.82) is 0 Å². The number of hydrogen-bond donors (Lipinski definition) is 3. The summed E-state index contributed by atoms with van der Waals surface area (Å²) < 4.78 is 38.9. The third kappa shape index (κ3) is 8.93. The molecule has 0 saturated heterocycles. The van der Waals surface area contributed by atoms with Crippen molar-refractivity contribution in [1.82, 2.24) is 5.32 Å². The van der Waals surface area contributed by atoms with E-state index in [2.05, 4.69) is 15.4 Å². The van der Waals surface area contributed by atoms with Crippen molar-refractivity contribution in [3.8, 4) is 5.75 Å². The van der Waals surface area contributed by atoms with Gasteiger partial charge < -0.3 is 20.1 Å². The Kier molecular flexibility index (Phi) is 9.31. The molecule has 2 aromatic rings. The van der Waals surface area contributed by atoms with Gasteiger partial charge in [0.25, 0.3) is 10.0 Å². The minimum Gasteiger partial charge on any atom is -0.494 e. The largest absolute Gasteiger partial charge is 0.494 e. The first-order chi connectivity index (χ1) is 15.9. The van der Waals surface area contributed by atoms with E-state index in [1.807, 2.05) is 6.92 Å². The Morgan fingerprint density at radius 2 is 1.65 bits per heavy atom. The quantitative estimate of drug-likeness (QED) is 0.422. The Balaban J connectivity index is 1.95. The highest BCUT2D eigenvalue weighted by Gasteiger charge is 2.19. The second-order valence-corrected chi connectivity index (χ2v) is 10.3. The molecule has 2 amide bonds. The molecule has 0 heterocycles. The number of aryl methyl sites for hydroxylation is 1. The minimum atomic E-state index is -3.88. The summed E-state index contributed by atoms with van der Waals surface area (Å²) in [5.74, 6) is 0.352. The summed E-state index contributed by atoms with van der Waals surface area (Å²) in [5.41, 5.74) is 0.711. The highest BCUT2D eigenvalue weighted by molar-refractivity contribution is 7.92. The molecule has 2 rings (SSSR count). The van der Waals surface area contributed by atoms with Crippen molar-refractivity contribution in [3.05, 3.63) is 48.0 Å². The lowest BCUT2D eigenvalue weighted by atomic mass is 10.2. The molecule has 3 N–H and O–H groups in total. The number of carbonyl (C=O) groups excluding carboxylic acids is 2. The molecule has 0 fully saturated rings. The van der Waals surface area contributed by atoms with E-state index in [0.717, 1.165) is 0 Å². The van der Waals surface area contributed by atoms with E-state index in [0.29, 0.717) is 35.7 Å². The second-order valence-electron chi connectivity index (χ2n) is 8.62. The van der Waals surface area contributed by atoms with Gasteiger partial charge in [0.15, 0.2) is 0 Å². The maximum absolute atomic E-state index is 12.9. The molecule has 9 nitrogen and oxygen atoms in total. The number of sulfonamides is 1. The molecule has 0 saturated carbocycles. The Bertz CT molecular complexity index is 1090. The molecule has 0 aliphatic rings. The van der Waals surface area contributed by atoms with Crippen molar-refractivity contribution in [3.63, 3.8) is 0 Å². The van der Waals surface area contributed by atoms with Gasteiger partial charge in [0.05, 0.1) is 11.5 Å². The minimum absolute atomic E-state index is 0.0609. The number of anilines is 2. The van der Waals surface area contributed by atoms with E-state index in [1.54, 1.807) is 64.1 Å². The summed E-state index contributed by atoms with van der Waals surface area (Å²) in [6.07, 6.45) is 0.0127. The Labute approximate surface area is 201 Å². The van der Waals surface area contributed by atoms with Gasteiger partial charge in [-0.05, 0) is 83.0 Å². The van der Waals surface area contributed by atoms with Gasteiger partial charge in [-0.3, -0.25) is 9.52 Å². The smallest absolute Gasteiger partial charge is 0.407 e. The molecule has 2 aromatic carbocycles. The van der Waals surface area contributed by atoms with Gasteiger partial charge in [0.1, 0.15) is 11.4 Å². The van der Waals surface area contributed by atoms with Crippen LogP contribution >= 0.6 is 0 Å². The summed E-state index contributed by atoms with van der Waals surface area (Å²) in [6.45, 7) is 9.65. The van der Waals surface area contributed by atoms with Crippen LogP contribution in [0.15, 0.2) is 47.4 Å². The maximum atomic E-state index is 12.9. The van der Waals surface area contributed by atoms with Crippen LogP contribution in [0.3, 0.4) is 0 Å². The molecule has 0 radical (unpaired) electrons. The fourth-order valence-electron chi connectivity index (χ4n) is 2.94. The maximum Gasteiger partial charge on any atom is 0.407 e. The van der Waals surface area contributed by atoms with E-state index in [1.165, 1.54) is 6.07 Å². The Morgan fingerprint density at radius 1 is 1.00 bits per heavy atom. The number of rotatable bonds is 10. The van der Waals surface area contributed by atoms with Crippen LogP contribution in [-0.2, 0) is 19.6 Å². The van der Waals surface area contributed by atoms with Crippen LogP contribution in [-0.4, -0.2) is 39.2 Å². The summed E-state index contributed by atoms with van der Waals surface area (Å²) >= 11 is 0. The number of alkyl carbamates (subject to hydrolysis) is 1. The van der Waals surface area contributed by atoms with Crippen LogP contribution in [0.1, 0.15) is 46.1 Å². The molecule has 0 aliphatic heterocycles. The van der Waals surface area contributed by atoms with Crippen LogP contribution in [0.4, 0.5) is 16.2 Å². The number of ether oxygens (including phenoxy) is 2. The summed E-state index contributed by atoms with van der Waals surface area (Å²) in [6, 6.07) is 11.3. The highest BCUT2D eigenvalue weighted by atomic mass is 32.2. The zero-order valence-electron chi connectivity index (χ0n) is 20.2. The lowest BCUT2D eigenvalue weighted by Gasteiger charge is -2.19. The number of nitrogens with one attached hydrogen (secondary N) is 3. The molecule has 0 atom stereocenters. The van der Waals surface area contributed by atoms with E-state index < -0.39 is 21.7 Å². The fourth-order valence-corrected chi connectivity index (χ4v) is 4.27. The van der Waals surface area contributed by atoms with E-state index in [9.17, 15) is 18.0 Å². The van der Waals surface area contributed by atoms with Crippen molar-refractivity contribution in [2.75, 3.05) is 23.2 Å². The topological polar surface area (TPSA) is 123 Å². The van der Waals surface area contributed by atoms with E-state index >= 15 is 0 Å². The van der Waals surface area contributed by atoms with Crippen LogP contribution < -0.4 is 20.1 Å². The summed E-state index contributed by atoms with van der Waals surface area (Å²) in [5, 5.41) is 5.29. The molecule has 10 heteroatoms. The van der Waals surface area contributed by atoms with Gasteiger partial charge in [0.2, 0.25) is 5.91 Å². The SMILES string of the molecule is CCOc1ccc(NS(=O)(=O)c2cc(NC(=O)CCCNC(=O)OC(C)(C)C)ccc2C)cc1. The molecular formula is C24H33N3O6S. The van der Waals surface area contributed by atoms with Gasteiger partial charge in [-0.15, -0.1) is 0 Å². The third-order valence-corrected chi connectivity index (χ3v) is 5.95. The fraction of sp³-hybridized carbons (Fsp3) is 0.417. The molecule has 0 spiro atoms. The van der Waals surface area contributed by atoms with E-state index in [-0.39, 0.29) is 23.8 Å². The monoisotopic (exact) mass is 491 g/mol. The average Bonchev–Trinajstić information content (AvgIpc) is 2.73. The Morgan fingerprint density at radius 3 is 2.26 bits per heavy atom. The van der Waals surface area contributed by atoms with Gasteiger partial charge in [0, 0.05) is 24.3 Å². The van der Waals surface area contributed by atoms with Crippen LogP contribution in [0.25, 0.3) is 0 Å². The molecular weight excluding hydrogens is 458 g/mol. The zero-order valence-corrected chi connectivity index (χ0v) is 21.0. The third-order valence-electron chi connectivity index (χ3n) is 4.43. The van der Waals surface area contributed by atoms with Crippen molar-refractivity contribution >= 4 is 33.4 Å². The second kappa shape index (κ2) is 11.7. The number of amides is 2. The van der Waals surface area contributed by atoms with Crippen LogP contribution in [0, 0.1) is 6.92 Å². The first-order valence-electron chi connectivity index (χ1n) is 11.0. The number of carbonyl (C=O) groups is 2. The normalized spacial score (nSPS) is 11.4. The molecule has 34 heavy (non-hydrogen) atoms. The Hall–Kier alpha value is -3.27. The van der Waals surface area contributed by atoms with Gasteiger partial charge in [-0.2, -0.15) is 0 Å². The molecule has 0 unspecified atom stereocenters. The summed E-state index contributed by atoms with van der Waals surface area (Å²) in [7, 11) is -3.88. The molecule has 0 aliphatic carbocycles. The standard InChI is InChI=1S/C24H33N3O6S/c1-6-32-20-13-11-18(12-14-20)27-34(30,31)21-16-19(10-9-17(21)2)26-22(28)8-7-15-25-23(29)33-24(3,4)5/h9-14,16,27H,6-8,15H2,1-5H3,(H,25,29)(H,26,28). The van der Waals surface area contributed by atoms with Crippen LogP contribution in [0.5, 0.6) is 5.75 Å². The van der Waals surface area contributed by atoms with Crippen molar-refractivity contribution in [2.45, 2.75) is 58.0 Å². The van der Waals surface area contributed by atoms with Crippen molar-refractivity contribution < 1.29 is 27.5 Å². The van der Waals surface area contributed by atoms with Gasteiger partial charge in [-0.1, -0.05) is 6.07 Å². The number of hydrogen-bond acceptors (Lipinski definition) is 6. The van der Waals surface area contributed by atoms with Crippen LogP contribution in [0.2, 0.25) is 0 Å². The molecule has 186 valence electrons. The predicted molar refractivity (Wildman–Crippen MR) is 132 cm³/mol. The lowest BCUT2D eigenvalue weighted by molar-refractivity contribution is -0.116. The molecule has 0 bridgehead atoms. The van der Waals surface area contributed by atoms with E-state index in [4.69, 9.17) is 9.47 Å². The van der Waals surface area contributed by atoms with Crippen molar-refractivity contribution in [2.24, 2.45) is 0 Å². The lowest BCUT2D eigenvalue weighted by Crippen LogP contribution is -2.33. The highest BCUT2D eigenvalue weighted by Crippen LogP contribution is 2.24.